The number of nitrogen functional groups attached to an aromatic ring is 1. The van der Waals surface area contributed by atoms with Crippen LogP contribution in [-0.2, 0) is 4.79 Å². The lowest BCUT2D eigenvalue weighted by Crippen LogP contribution is -2.43. The van der Waals surface area contributed by atoms with Gasteiger partial charge in [-0.2, -0.15) is 0 Å². The number of hydrogen-bond acceptors (Lipinski definition) is 3. The number of carboxylic acids is 1. The molecule has 1 heterocycles. The first kappa shape index (κ1) is 13.0. The molecule has 0 aromatic heterocycles. The lowest BCUT2D eigenvalue weighted by atomic mass is 9.94. The smallest absolute Gasteiger partial charge is 0.326 e. The molecule has 3 N–H and O–H groups in total. The van der Waals surface area contributed by atoms with Crippen LogP contribution in [0.5, 0.6) is 0 Å². The quantitative estimate of drug-likeness (QED) is 0.802. The number of hydrogen-bond donors (Lipinski definition) is 2. The number of aliphatic carboxylic acids is 1. The van der Waals surface area contributed by atoms with Gasteiger partial charge in [-0.3, -0.25) is 4.79 Å². The van der Waals surface area contributed by atoms with Crippen LogP contribution in [0.15, 0.2) is 24.3 Å². The number of likely N-dealkylation sites (tertiary alicyclic amines) is 1. The van der Waals surface area contributed by atoms with Gasteiger partial charge in [0, 0.05) is 12.2 Å². The number of para-hydroxylation sites is 1. The highest BCUT2D eigenvalue weighted by Gasteiger charge is 2.49. The van der Waals surface area contributed by atoms with Crippen molar-refractivity contribution in [3.05, 3.63) is 29.8 Å². The topological polar surface area (TPSA) is 83.6 Å². The van der Waals surface area contributed by atoms with Crippen molar-refractivity contribution < 1.29 is 14.7 Å². The molecule has 5 heteroatoms. The number of nitrogens with two attached hydrogens (primary N) is 1. The molecule has 106 valence electrons. The monoisotopic (exact) mass is 274 g/mol. The number of carbonyl (C=O) groups excluding carboxylic acids is 1. The lowest BCUT2D eigenvalue weighted by Gasteiger charge is -2.25. The van der Waals surface area contributed by atoms with Crippen molar-refractivity contribution in [1.82, 2.24) is 4.90 Å². The molecular formula is C15H18N2O3. The van der Waals surface area contributed by atoms with E-state index in [1.165, 1.54) is 4.90 Å². The average Bonchev–Trinajstić information content (AvgIpc) is 2.97. The molecule has 3 unspecified atom stereocenters. The van der Waals surface area contributed by atoms with Crippen molar-refractivity contribution in [2.24, 2.45) is 11.8 Å². The van der Waals surface area contributed by atoms with E-state index in [1.807, 2.05) is 0 Å². The third kappa shape index (κ3) is 1.94. The second-order valence-electron chi connectivity index (χ2n) is 5.68. The summed E-state index contributed by atoms with van der Waals surface area (Å²) in [6.07, 6.45) is 2.98. The maximum Gasteiger partial charge on any atom is 0.326 e. The first-order valence-corrected chi connectivity index (χ1v) is 6.98. The summed E-state index contributed by atoms with van der Waals surface area (Å²) < 4.78 is 0. The van der Waals surface area contributed by atoms with E-state index in [4.69, 9.17) is 5.73 Å². The molecule has 1 amide bonds. The number of nitrogens with zero attached hydrogens (tertiary/aromatic N) is 1. The zero-order valence-electron chi connectivity index (χ0n) is 11.2. The molecule has 1 saturated heterocycles. The van der Waals surface area contributed by atoms with E-state index >= 15 is 0 Å². The van der Waals surface area contributed by atoms with Crippen molar-refractivity contribution in [3.8, 4) is 0 Å². The molecule has 3 rings (SSSR count). The molecule has 20 heavy (non-hydrogen) atoms. The van der Waals surface area contributed by atoms with E-state index in [-0.39, 0.29) is 11.8 Å². The van der Waals surface area contributed by atoms with Crippen LogP contribution in [-0.4, -0.2) is 34.5 Å². The predicted octanol–water partition coefficient (Wildman–Crippen LogP) is 1.59. The summed E-state index contributed by atoms with van der Waals surface area (Å²) >= 11 is 0. The van der Waals surface area contributed by atoms with Crippen molar-refractivity contribution in [1.29, 1.82) is 0 Å². The fourth-order valence-electron chi connectivity index (χ4n) is 3.68. The fourth-order valence-corrected chi connectivity index (χ4v) is 3.68. The van der Waals surface area contributed by atoms with E-state index in [1.54, 1.807) is 24.3 Å². The van der Waals surface area contributed by atoms with Crippen LogP contribution < -0.4 is 5.73 Å². The van der Waals surface area contributed by atoms with Crippen LogP contribution in [0.1, 0.15) is 29.6 Å². The van der Waals surface area contributed by atoms with Crippen molar-refractivity contribution in [3.63, 3.8) is 0 Å². The summed E-state index contributed by atoms with van der Waals surface area (Å²) in [6.45, 7) is 0.537. The number of carboxylic acid groups (broad SMARTS) is 1. The van der Waals surface area contributed by atoms with Crippen LogP contribution in [0.4, 0.5) is 5.69 Å². The van der Waals surface area contributed by atoms with Crippen molar-refractivity contribution in [2.45, 2.75) is 25.3 Å². The van der Waals surface area contributed by atoms with E-state index < -0.39 is 12.0 Å². The molecule has 1 aromatic rings. The second kappa shape index (κ2) is 4.81. The molecule has 0 radical (unpaired) electrons. The normalized spacial score (nSPS) is 28.4. The van der Waals surface area contributed by atoms with Crippen molar-refractivity contribution in [2.75, 3.05) is 12.3 Å². The van der Waals surface area contributed by atoms with Gasteiger partial charge in [-0.05, 0) is 36.8 Å². The number of fused-ring (bicyclic) bond motifs is 1. The number of carbonyl (C=O) groups is 2. The van der Waals surface area contributed by atoms with Crippen LogP contribution in [0.3, 0.4) is 0 Å². The van der Waals surface area contributed by atoms with Gasteiger partial charge in [-0.25, -0.2) is 4.79 Å². The number of anilines is 1. The number of amides is 1. The highest BCUT2D eigenvalue weighted by atomic mass is 16.4. The molecule has 3 atom stereocenters. The minimum Gasteiger partial charge on any atom is -0.480 e. The zero-order valence-corrected chi connectivity index (χ0v) is 11.2. The fraction of sp³-hybridized carbons (Fsp3) is 0.467. The Morgan fingerprint density at radius 3 is 2.70 bits per heavy atom. The van der Waals surface area contributed by atoms with Gasteiger partial charge in [0.2, 0.25) is 0 Å². The number of rotatable bonds is 2. The van der Waals surface area contributed by atoms with Gasteiger partial charge < -0.3 is 15.7 Å². The molecule has 1 aromatic carbocycles. The Hall–Kier alpha value is -2.04. The Labute approximate surface area is 117 Å². The SMILES string of the molecule is Nc1ccccc1C(=O)N1CC2CCCC2C1C(=O)O. The molecule has 0 spiro atoms. The van der Waals surface area contributed by atoms with E-state index in [0.717, 1.165) is 19.3 Å². The van der Waals surface area contributed by atoms with E-state index in [0.29, 0.717) is 23.7 Å². The minimum atomic E-state index is -0.901. The van der Waals surface area contributed by atoms with Gasteiger partial charge in [0.1, 0.15) is 6.04 Å². The molecule has 0 bridgehead atoms. The standard InChI is InChI=1S/C15H18N2O3/c16-12-7-2-1-5-11(12)14(18)17-8-9-4-3-6-10(9)13(17)15(19)20/h1-2,5,7,9-10,13H,3-4,6,8,16H2,(H,19,20). The molecule has 1 aliphatic heterocycles. The van der Waals surface area contributed by atoms with Gasteiger partial charge in [0.15, 0.2) is 0 Å². The molecule has 2 fully saturated rings. The van der Waals surface area contributed by atoms with Gasteiger partial charge in [0.25, 0.3) is 5.91 Å². The van der Waals surface area contributed by atoms with Crippen LogP contribution in [0, 0.1) is 11.8 Å². The van der Waals surface area contributed by atoms with Crippen LogP contribution >= 0.6 is 0 Å². The van der Waals surface area contributed by atoms with Crippen LogP contribution in [0.25, 0.3) is 0 Å². The first-order valence-electron chi connectivity index (χ1n) is 6.98. The first-order chi connectivity index (χ1) is 9.59. The molecular weight excluding hydrogens is 256 g/mol. The van der Waals surface area contributed by atoms with Gasteiger partial charge in [-0.15, -0.1) is 0 Å². The van der Waals surface area contributed by atoms with E-state index in [2.05, 4.69) is 0 Å². The molecule has 1 aliphatic carbocycles. The Balaban J connectivity index is 1.91. The van der Waals surface area contributed by atoms with E-state index in [9.17, 15) is 14.7 Å². The lowest BCUT2D eigenvalue weighted by molar-refractivity contribution is -0.142. The van der Waals surface area contributed by atoms with Crippen LogP contribution in [0.2, 0.25) is 0 Å². The summed E-state index contributed by atoms with van der Waals surface area (Å²) in [6, 6.07) is 6.13. The molecule has 5 nitrogen and oxygen atoms in total. The summed E-state index contributed by atoms with van der Waals surface area (Å²) in [4.78, 5) is 25.6. The summed E-state index contributed by atoms with van der Waals surface area (Å²) in [5, 5.41) is 9.47. The average molecular weight is 274 g/mol. The zero-order chi connectivity index (χ0) is 14.3. The Morgan fingerprint density at radius 1 is 1.25 bits per heavy atom. The largest absolute Gasteiger partial charge is 0.480 e. The number of benzene rings is 1. The third-order valence-corrected chi connectivity index (χ3v) is 4.60. The highest BCUT2D eigenvalue weighted by Crippen LogP contribution is 2.42. The third-order valence-electron chi connectivity index (χ3n) is 4.60. The summed E-state index contributed by atoms with van der Waals surface area (Å²) in [5.41, 5.74) is 6.63. The van der Waals surface area contributed by atoms with Gasteiger partial charge in [-0.1, -0.05) is 18.6 Å². The maximum absolute atomic E-state index is 12.6. The Bertz CT molecular complexity index is 558. The predicted molar refractivity (Wildman–Crippen MR) is 74.1 cm³/mol. The minimum absolute atomic E-state index is 0.0985. The molecule has 1 saturated carbocycles. The second-order valence-corrected chi connectivity index (χ2v) is 5.68. The Morgan fingerprint density at radius 2 is 2.00 bits per heavy atom. The van der Waals surface area contributed by atoms with Gasteiger partial charge in [0.05, 0.1) is 5.56 Å². The van der Waals surface area contributed by atoms with Gasteiger partial charge >= 0.3 is 5.97 Å². The Kier molecular flexibility index (Phi) is 3.12. The highest BCUT2D eigenvalue weighted by molar-refractivity contribution is 6.01. The summed E-state index contributed by atoms with van der Waals surface area (Å²) in [5.74, 6) is -0.737. The molecule has 2 aliphatic rings. The maximum atomic E-state index is 12.6. The van der Waals surface area contributed by atoms with Crippen molar-refractivity contribution >= 4 is 17.6 Å². The summed E-state index contributed by atoms with van der Waals surface area (Å²) in [7, 11) is 0.